The van der Waals surface area contributed by atoms with E-state index in [1.807, 2.05) is 55.3 Å². The fraction of sp³-hybridized carbons (Fsp3) is 0.333. The van der Waals surface area contributed by atoms with Crippen LogP contribution >= 0.6 is 11.3 Å². The van der Waals surface area contributed by atoms with Crippen molar-refractivity contribution in [3.8, 4) is 0 Å². The van der Waals surface area contributed by atoms with E-state index in [-0.39, 0.29) is 12.1 Å². The van der Waals surface area contributed by atoms with Gasteiger partial charge >= 0.3 is 6.03 Å². The molecule has 0 unspecified atom stereocenters. The van der Waals surface area contributed by atoms with Crippen molar-refractivity contribution in [2.75, 3.05) is 5.32 Å². The molecule has 2 amide bonds. The Labute approximate surface area is 195 Å². The quantitative estimate of drug-likeness (QED) is 0.408. The van der Waals surface area contributed by atoms with E-state index in [2.05, 4.69) is 42.9 Å². The summed E-state index contributed by atoms with van der Waals surface area (Å²) in [5.41, 5.74) is 2.72. The summed E-state index contributed by atoms with van der Waals surface area (Å²) < 4.78 is 0. The number of hydrogen-bond acceptors (Lipinski definition) is 6. The fourth-order valence-corrected chi connectivity index (χ4v) is 5.58. The van der Waals surface area contributed by atoms with Crippen LogP contribution in [-0.4, -0.2) is 37.1 Å². The van der Waals surface area contributed by atoms with Crippen LogP contribution in [0.2, 0.25) is 0 Å². The molecule has 3 aromatic heterocycles. The topological polar surface area (TPSA) is 98.8 Å². The second-order valence-electron chi connectivity index (χ2n) is 9.26. The summed E-state index contributed by atoms with van der Waals surface area (Å²) >= 11 is 1.59. The minimum atomic E-state index is -0.497. The molecule has 9 heteroatoms. The lowest BCUT2D eigenvalue weighted by atomic mass is 10.0. The van der Waals surface area contributed by atoms with Crippen LogP contribution in [0.5, 0.6) is 0 Å². The average molecular weight is 460 g/mol. The molecule has 33 heavy (non-hydrogen) atoms. The molecule has 1 saturated carbocycles. The van der Waals surface area contributed by atoms with Crippen molar-refractivity contribution < 1.29 is 4.79 Å². The van der Waals surface area contributed by atoms with Crippen molar-refractivity contribution in [1.82, 2.24) is 30.4 Å². The van der Waals surface area contributed by atoms with Crippen molar-refractivity contribution in [2.45, 2.75) is 51.2 Å². The smallest absolute Gasteiger partial charge is 0.318 e. The van der Waals surface area contributed by atoms with E-state index in [0.29, 0.717) is 24.1 Å². The van der Waals surface area contributed by atoms with E-state index in [9.17, 15) is 4.79 Å². The first-order valence-electron chi connectivity index (χ1n) is 11.1. The van der Waals surface area contributed by atoms with Crippen LogP contribution in [-0.2, 0) is 12.1 Å². The number of aryl methyl sites for hydroxylation is 1. The van der Waals surface area contributed by atoms with E-state index in [4.69, 9.17) is 0 Å². The van der Waals surface area contributed by atoms with Crippen LogP contribution in [0.15, 0.2) is 41.8 Å². The Balaban J connectivity index is 1.21. The van der Waals surface area contributed by atoms with Crippen LogP contribution in [0.3, 0.4) is 0 Å². The van der Waals surface area contributed by atoms with Gasteiger partial charge in [-0.2, -0.15) is 5.10 Å². The minimum absolute atomic E-state index is 0.0444. The number of rotatable bonds is 4. The summed E-state index contributed by atoms with van der Waals surface area (Å²) in [5.74, 6) is 2.54. The molecule has 3 N–H and O–H groups in total. The number of nitrogens with one attached hydrogen (secondary N) is 3. The molecule has 6 rings (SSSR count). The van der Waals surface area contributed by atoms with Gasteiger partial charge in [-0.15, -0.1) is 11.3 Å². The summed E-state index contributed by atoms with van der Waals surface area (Å²) in [6.45, 7) is 6.46. The lowest BCUT2D eigenvalue weighted by Gasteiger charge is -2.32. The van der Waals surface area contributed by atoms with Crippen LogP contribution < -0.4 is 10.6 Å². The van der Waals surface area contributed by atoms with Gasteiger partial charge in [0.25, 0.3) is 0 Å². The number of nitrogens with zero attached hydrogens (tertiary/aromatic N) is 4. The Bertz CT molecular complexity index is 1360. The number of urea groups is 1. The SMILES string of the molecule is Cc1nc(Nc2n[nH]c3c2CN(C(=O)N[C@@H]2C[C@H]2c2ccccc2)C3(C)C)c2ccsc2n1. The van der Waals surface area contributed by atoms with Crippen LogP contribution in [0.4, 0.5) is 16.4 Å². The number of aromatic nitrogens is 4. The Hall–Kier alpha value is -3.46. The molecule has 1 aliphatic heterocycles. The third-order valence-electron chi connectivity index (χ3n) is 6.72. The molecule has 0 bridgehead atoms. The average Bonchev–Trinajstić information content (AvgIpc) is 3.09. The van der Waals surface area contributed by atoms with Gasteiger partial charge in [-0.05, 0) is 44.2 Å². The second-order valence-corrected chi connectivity index (χ2v) is 10.2. The molecule has 8 nitrogen and oxygen atoms in total. The maximum Gasteiger partial charge on any atom is 0.318 e. The van der Waals surface area contributed by atoms with E-state index >= 15 is 0 Å². The number of H-pyrrole nitrogens is 1. The van der Waals surface area contributed by atoms with Crippen molar-refractivity contribution in [3.05, 3.63) is 64.4 Å². The van der Waals surface area contributed by atoms with Gasteiger partial charge < -0.3 is 15.5 Å². The van der Waals surface area contributed by atoms with Gasteiger partial charge in [-0.1, -0.05) is 30.3 Å². The maximum absolute atomic E-state index is 13.2. The van der Waals surface area contributed by atoms with E-state index in [1.54, 1.807) is 11.3 Å². The number of carbonyl (C=O) groups excluding carboxylic acids is 1. The molecule has 4 heterocycles. The van der Waals surface area contributed by atoms with Gasteiger partial charge in [0.15, 0.2) is 5.82 Å². The molecule has 1 aromatic carbocycles. The zero-order valence-electron chi connectivity index (χ0n) is 18.7. The first-order chi connectivity index (χ1) is 15.9. The van der Waals surface area contributed by atoms with Crippen LogP contribution in [0, 0.1) is 6.92 Å². The van der Waals surface area contributed by atoms with Crippen molar-refractivity contribution in [3.63, 3.8) is 0 Å². The number of anilines is 2. The highest BCUT2D eigenvalue weighted by Gasteiger charge is 2.46. The standard InChI is InChI=1S/C24H25N7OS/c1-13-25-20(15-9-10-33-22(15)26-13)28-21-17-12-31(24(2,3)19(17)29-30-21)23(32)27-18-11-16(18)14-7-5-4-6-8-14/h4-10,16,18H,11-12H2,1-3H3,(H,27,32)(H2,25,26,28,29,30)/t16-,18+/m0/s1. The summed E-state index contributed by atoms with van der Waals surface area (Å²) in [6.07, 6.45) is 0.980. The number of benzene rings is 1. The van der Waals surface area contributed by atoms with Gasteiger partial charge in [-0.3, -0.25) is 5.10 Å². The molecule has 2 atom stereocenters. The molecule has 1 fully saturated rings. The monoisotopic (exact) mass is 459 g/mol. The lowest BCUT2D eigenvalue weighted by molar-refractivity contribution is 0.142. The Morgan fingerprint density at radius 1 is 1.18 bits per heavy atom. The molecule has 168 valence electrons. The number of aromatic amines is 1. The minimum Gasteiger partial charge on any atom is -0.335 e. The molecular weight excluding hydrogens is 434 g/mol. The summed E-state index contributed by atoms with van der Waals surface area (Å²) in [7, 11) is 0. The molecule has 1 aliphatic carbocycles. The molecule has 0 saturated heterocycles. The number of fused-ring (bicyclic) bond motifs is 2. The highest BCUT2D eigenvalue weighted by atomic mass is 32.1. The van der Waals surface area contributed by atoms with Crippen molar-refractivity contribution in [2.24, 2.45) is 0 Å². The predicted octanol–water partition coefficient (Wildman–Crippen LogP) is 4.78. The fourth-order valence-electron chi connectivity index (χ4n) is 4.77. The third kappa shape index (κ3) is 3.34. The molecule has 0 radical (unpaired) electrons. The van der Waals surface area contributed by atoms with Crippen molar-refractivity contribution >= 4 is 39.2 Å². The first-order valence-corrected chi connectivity index (χ1v) is 12.0. The van der Waals surface area contributed by atoms with Crippen molar-refractivity contribution in [1.29, 1.82) is 0 Å². The van der Waals surface area contributed by atoms with Gasteiger partial charge in [0.1, 0.15) is 16.5 Å². The second kappa shape index (κ2) is 7.28. The normalized spacial score (nSPS) is 20.6. The van der Waals surface area contributed by atoms with Gasteiger partial charge in [0.2, 0.25) is 0 Å². The van der Waals surface area contributed by atoms with E-state index in [1.165, 1.54) is 5.56 Å². The first kappa shape index (κ1) is 20.2. The highest BCUT2D eigenvalue weighted by molar-refractivity contribution is 7.16. The summed E-state index contributed by atoms with van der Waals surface area (Å²) in [4.78, 5) is 25.2. The molecule has 2 aliphatic rings. The predicted molar refractivity (Wildman–Crippen MR) is 129 cm³/mol. The zero-order chi connectivity index (χ0) is 22.7. The Morgan fingerprint density at radius 3 is 2.82 bits per heavy atom. The van der Waals surface area contributed by atoms with Crippen LogP contribution in [0.25, 0.3) is 10.2 Å². The number of carbonyl (C=O) groups is 1. The number of hydrogen-bond donors (Lipinski definition) is 3. The highest BCUT2D eigenvalue weighted by Crippen LogP contribution is 2.44. The molecule has 0 spiro atoms. The number of amides is 2. The number of thiophene rings is 1. The van der Waals surface area contributed by atoms with Crippen LogP contribution in [0.1, 0.15) is 48.8 Å². The van der Waals surface area contributed by atoms with Gasteiger partial charge in [0, 0.05) is 17.5 Å². The summed E-state index contributed by atoms with van der Waals surface area (Å²) in [6, 6.07) is 12.5. The summed E-state index contributed by atoms with van der Waals surface area (Å²) in [5, 5.41) is 17.3. The Kier molecular flexibility index (Phi) is 4.45. The largest absolute Gasteiger partial charge is 0.335 e. The molecule has 4 aromatic rings. The lowest BCUT2D eigenvalue weighted by Crippen LogP contribution is -2.47. The maximum atomic E-state index is 13.2. The van der Waals surface area contributed by atoms with Gasteiger partial charge in [0.05, 0.1) is 23.2 Å². The van der Waals surface area contributed by atoms with E-state index in [0.717, 1.165) is 33.7 Å². The zero-order valence-corrected chi connectivity index (χ0v) is 19.5. The molecular formula is C24H25N7OS. The van der Waals surface area contributed by atoms with Gasteiger partial charge in [-0.25, -0.2) is 14.8 Å². The van der Waals surface area contributed by atoms with E-state index < -0.39 is 5.54 Å². The Morgan fingerprint density at radius 2 is 2.00 bits per heavy atom. The third-order valence-corrected chi connectivity index (χ3v) is 7.52.